The number of guanidine groups is 1. The van der Waals surface area contributed by atoms with Crippen LogP contribution in [-0.4, -0.2) is 81.1 Å². The molecule has 0 aliphatic rings. The van der Waals surface area contributed by atoms with Gasteiger partial charge in [0.25, 0.3) is 5.91 Å². The Hall–Kier alpha value is -3.14. The topological polar surface area (TPSA) is 149 Å². The van der Waals surface area contributed by atoms with Crippen LogP contribution >= 0.6 is 0 Å². The lowest BCUT2D eigenvalue weighted by molar-refractivity contribution is -0.862. The number of amides is 2. The highest BCUT2D eigenvalue weighted by atomic mass is 16.5. The van der Waals surface area contributed by atoms with Crippen LogP contribution in [0.25, 0.3) is 0 Å². The molecule has 0 aromatic heterocycles. The van der Waals surface area contributed by atoms with Gasteiger partial charge in [0.15, 0.2) is 12.5 Å². The van der Waals surface area contributed by atoms with Crippen LogP contribution < -0.4 is 22.1 Å². The Labute approximate surface area is 196 Å². The van der Waals surface area contributed by atoms with Gasteiger partial charge >= 0.3 is 5.97 Å². The van der Waals surface area contributed by atoms with Gasteiger partial charge in [-0.15, -0.1) is 0 Å². The number of quaternary nitrogens is 1. The summed E-state index contributed by atoms with van der Waals surface area (Å²) in [6.07, 6.45) is 1.73. The summed E-state index contributed by atoms with van der Waals surface area (Å²) in [5.74, 6) is -1.26. The molecule has 0 unspecified atom stereocenters. The van der Waals surface area contributed by atoms with Crippen molar-refractivity contribution in [1.82, 2.24) is 10.6 Å². The number of likely N-dealkylation sites (N-methyl/N-ethyl adjacent to an activating group) is 1. The summed E-state index contributed by atoms with van der Waals surface area (Å²) < 4.78 is 5.67. The fourth-order valence-corrected chi connectivity index (χ4v) is 3.06. The van der Waals surface area contributed by atoms with Crippen LogP contribution in [0.1, 0.15) is 31.7 Å². The summed E-state index contributed by atoms with van der Waals surface area (Å²) in [5, 5.41) is 5.58. The van der Waals surface area contributed by atoms with E-state index in [4.69, 9.17) is 16.2 Å². The van der Waals surface area contributed by atoms with Gasteiger partial charge in [0.1, 0.15) is 12.1 Å². The lowest BCUT2D eigenvalue weighted by atomic mass is 10.0. The van der Waals surface area contributed by atoms with Crippen molar-refractivity contribution in [2.24, 2.45) is 16.5 Å². The molecule has 184 valence electrons. The van der Waals surface area contributed by atoms with E-state index in [1.54, 1.807) is 0 Å². The SMILES string of the molecule is CCCOC(=O)[C@H](CCCN=C(N)N)NC(=O)[C@H](Cc1ccccc1)NC(=O)C[N+](C)(C)C. The number of nitrogens with zero attached hydrogens (tertiary/aromatic N) is 2. The van der Waals surface area contributed by atoms with Crippen LogP contribution in [0.4, 0.5) is 0 Å². The molecule has 1 rings (SSSR count). The zero-order valence-electron chi connectivity index (χ0n) is 20.2. The number of ether oxygens (including phenoxy) is 1. The molecule has 0 aliphatic heterocycles. The predicted molar refractivity (Wildman–Crippen MR) is 128 cm³/mol. The number of hydrogen-bond donors (Lipinski definition) is 4. The largest absolute Gasteiger partial charge is 0.464 e. The Morgan fingerprint density at radius 1 is 1.06 bits per heavy atom. The Morgan fingerprint density at radius 2 is 1.73 bits per heavy atom. The van der Waals surface area contributed by atoms with Crippen molar-refractivity contribution in [3.05, 3.63) is 35.9 Å². The van der Waals surface area contributed by atoms with E-state index < -0.39 is 24.0 Å². The molecule has 0 heterocycles. The number of carbonyl (C=O) groups excluding carboxylic acids is 3. The Morgan fingerprint density at radius 3 is 2.30 bits per heavy atom. The van der Waals surface area contributed by atoms with Gasteiger partial charge in [-0.25, -0.2) is 4.79 Å². The molecule has 10 nitrogen and oxygen atoms in total. The Bertz CT molecular complexity index is 788. The molecule has 33 heavy (non-hydrogen) atoms. The maximum absolute atomic E-state index is 13.2. The third-order valence-corrected chi connectivity index (χ3v) is 4.55. The number of rotatable bonds is 14. The number of carbonyl (C=O) groups is 3. The normalized spacial score (nSPS) is 12.8. The average Bonchev–Trinajstić information content (AvgIpc) is 2.72. The standard InChI is InChI=1S/C23H38N6O4/c1-5-14-33-22(32)18(12-9-13-26-23(24)25)28-21(31)19(15-17-10-7-6-8-11-17)27-20(30)16-29(2,3)4/h6-8,10-11,18-19H,5,9,12-16H2,1-4H3,(H5-,24,25,26,27,28,30,31)/p+1/t18-,19-/m0/s1. The van der Waals surface area contributed by atoms with E-state index in [2.05, 4.69) is 15.6 Å². The summed E-state index contributed by atoms with van der Waals surface area (Å²) in [7, 11) is 5.67. The van der Waals surface area contributed by atoms with Crippen LogP contribution in [0.3, 0.4) is 0 Å². The molecule has 0 saturated heterocycles. The molecule has 2 amide bonds. The first-order valence-corrected chi connectivity index (χ1v) is 11.2. The molecular formula is C23H39N6O4+. The third kappa shape index (κ3) is 12.5. The van der Waals surface area contributed by atoms with Crippen molar-refractivity contribution in [2.45, 2.75) is 44.7 Å². The van der Waals surface area contributed by atoms with Crippen molar-refractivity contribution in [3.63, 3.8) is 0 Å². The smallest absolute Gasteiger partial charge is 0.328 e. The number of nitrogens with one attached hydrogen (secondary N) is 2. The number of esters is 1. The molecule has 2 atom stereocenters. The van der Waals surface area contributed by atoms with Gasteiger partial charge in [-0.1, -0.05) is 37.3 Å². The fourth-order valence-electron chi connectivity index (χ4n) is 3.06. The molecule has 1 aromatic rings. The highest BCUT2D eigenvalue weighted by molar-refractivity contribution is 5.91. The molecule has 0 fully saturated rings. The second-order valence-electron chi connectivity index (χ2n) is 8.94. The number of hydrogen-bond acceptors (Lipinski definition) is 5. The molecule has 6 N–H and O–H groups in total. The maximum Gasteiger partial charge on any atom is 0.328 e. The quantitative estimate of drug-likeness (QED) is 0.0996. The lowest BCUT2D eigenvalue weighted by Crippen LogP contribution is -2.55. The van der Waals surface area contributed by atoms with Gasteiger partial charge in [-0.2, -0.15) is 0 Å². The second kappa shape index (κ2) is 14.1. The summed E-state index contributed by atoms with van der Waals surface area (Å²) >= 11 is 0. The van der Waals surface area contributed by atoms with Crippen LogP contribution in [-0.2, 0) is 25.5 Å². The Balaban J connectivity index is 2.96. The van der Waals surface area contributed by atoms with Gasteiger partial charge in [0.2, 0.25) is 5.91 Å². The molecule has 0 bridgehead atoms. The summed E-state index contributed by atoms with van der Waals surface area (Å²) in [4.78, 5) is 42.2. The van der Waals surface area contributed by atoms with E-state index in [0.29, 0.717) is 36.7 Å². The van der Waals surface area contributed by atoms with Crippen molar-refractivity contribution < 1.29 is 23.6 Å². The van der Waals surface area contributed by atoms with E-state index in [-0.39, 0.29) is 25.0 Å². The summed E-state index contributed by atoms with van der Waals surface area (Å²) in [5.41, 5.74) is 11.6. The van der Waals surface area contributed by atoms with Crippen molar-refractivity contribution in [1.29, 1.82) is 0 Å². The van der Waals surface area contributed by atoms with Gasteiger partial charge < -0.3 is 31.3 Å². The van der Waals surface area contributed by atoms with E-state index in [1.807, 2.05) is 58.4 Å². The molecule has 0 saturated carbocycles. The minimum Gasteiger partial charge on any atom is -0.464 e. The lowest BCUT2D eigenvalue weighted by Gasteiger charge is -2.26. The minimum atomic E-state index is -0.869. The van der Waals surface area contributed by atoms with Crippen LogP contribution in [0.2, 0.25) is 0 Å². The minimum absolute atomic E-state index is 0.0352. The Kier molecular flexibility index (Phi) is 11.9. The fraction of sp³-hybridized carbons (Fsp3) is 0.565. The molecule has 0 spiro atoms. The monoisotopic (exact) mass is 463 g/mol. The van der Waals surface area contributed by atoms with Crippen molar-refractivity contribution in [2.75, 3.05) is 40.8 Å². The van der Waals surface area contributed by atoms with Gasteiger partial charge in [0, 0.05) is 13.0 Å². The third-order valence-electron chi connectivity index (χ3n) is 4.55. The van der Waals surface area contributed by atoms with Crippen LogP contribution in [0.15, 0.2) is 35.3 Å². The first-order chi connectivity index (χ1) is 15.5. The molecule has 0 aliphatic carbocycles. The zero-order chi connectivity index (χ0) is 24.9. The second-order valence-corrected chi connectivity index (χ2v) is 8.94. The highest BCUT2D eigenvalue weighted by Crippen LogP contribution is 2.07. The van der Waals surface area contributed by atoms with Gasteiger partial charge in [0.05, 0.1) is 27.7 Å². The number of benzene rings is 1. The summed E-state index contributed by atoms with van der Waals surface area (Å²) in [6.45, 7) is 2.67. The van der Waals surface area contributed by atoms with Gasteiger partial charge in [-0.3, -0.25) is 14.6 Å². The van der Waals surface area contributed by atoms with Crippen molar-refractivity contribution >= 4 is 23.7 Å². The highest BCUT2D eigenvalue weighted by Gasteiger charge is 2.28. The van der Waals surface area contributed by atoms with E-state index in [1.165, 1.54) is 0 Å². The van der Waals surface area contributed by atoms with Crippen LogP contribution in [0.5, 0.6) is 0 Å². The molecule has 10 heteroatoms. The van der Waals surface area contributed by atoms with Crippen molar-refractivity contribution in [3.8, 4) is 0 Å². The number of nitrogens with two attached hydrogens (primary N) is 2. The van der Waals surface area contributed by atoms with E-state index in [0.717, 1.165) is 5.56 Å². The first-order valence-electron chi connectivity index (χ1n) is 11.2. The first kappa shape index (κ1) is 27.9. The number of aliphatic imine (C=N–C) groups is 1. The van der Waals surface area contributed by atoms with E-state index in [9.17, 15) is 14.4 Å². The average molecular weight is 464 g/mol. The van der Waals surface area contributed by atoms with Crippen LogP contribution in [0, 0.1) is 0 Å². The maximum atomic E-state index is 13.2. The molecular weight excluding hydrogens is 424 g/mol. The predicted octanol–water partition coefficient (Wildman–Crippen LogP) is -0.0883. The molecule has 1 aromatic carbocycles. The van der Waals surface area contributed by atoms with Gasteiger partial charge in [-0.05, 0) is 24.8 Å². The van der Waals surface area contributed by atoms with E-state index >= 15 is 0 Å². The molecule has 0 radical (unpaired) electrons. The zero-order valence-corrected chi connectivity index (χ0v) is 20.2. The summed E-state index contributed by atoms with van der Waals surface area (Å²) in [6, 6.07) is 7.67.